The number of carbonyl (C=O) groups excluding carboxylic acids is 2. The van der Waals surface area contributed by atoms with Crippen LogP contribution in [0.4, 0.5) is 8.78 Å². The monoisotopic (exact) mass is 427 g/mol. The number of carbonyl (C=O) groups is 2. The number of nitrogens with one attached hydrogen (secondary N) is 1. The Morgan fingerprint density at radius 2 is 1.55 bits per heavy atom. The van der Waals surface area contributed by atoms with Crippen molar-refractivity contribution < 1.29 is 31.5 Å². The fourth-order valence-electron chi connectivity index (χ4n) is 5.69. The highest BCUT2D eigenvalue weighted by Crippen LogP contribution is 2.55. The van der Waals surface area contributed by atoms with E-state index >= 15 is 0 Å². The van der Waals surface area contributed by atoms with Crippen LogP contribution in [0.3, 0.4) is 0 Å². The molecule has 0 aromatic heterocycles. The van der Waals surface area contributed by atoms with Crippen LogP contribution < -0.4 is 5.32 Å². The number of esters is 1. The standard InChI is InChI=1S/C20H23F2NO5S/c21-19(22)29(26,27)16-3-1-15(2-4-16)18(25)28-11-17(24)23-20-8-12-5-13(9-20)7-14(6-12)10-20/h1-4,12-14,19H,5-11H2,(H,23,24). The first kappa shape index (κ1) is 20.3. The number of rotatable bonds is 6. The van der Waals surface area contributed by atoms with Crippen LogP contribution in [0.1, 0.15) is 48.9 Å². The number of hydrogen-bond donors (Lipinski definition) is 1. The van der Waals surface area contributed by atoms with Crippen LogP contribution in [0.25, 0.3) is 0 Å². The Morgan fingerprint density at radius 3 is 2.03 bits per heavy atom. The van der Waals surface area contributed by atoms with Gasteiger partial charge >= 0.3 is 11.7 Å². The van der Waals surface area contributed by atoms with Gasteiger partial charge in [-0.2, -0.15) is 8.78 Å². The first-order valence-corrected chi connectivity index (χ1v) is 11.3. The number of amides is 1. The van der Waals surface area contributed by atoms with E-state index in [-0.39, 0.29) is 17.0 Å². The molecule has 9 heteroatoms. The Bertz CT molecular complexity index is 878. The van der Waals surface area contributed by atoms with Crippen LogP contribution in [0, 0.1) is 17.8 Å². The van der Waals surface area contributed by atoms with Crippen molar-refractivity contribution in [1.29, 1.82) is 0 Å². The van der Waals surface area contributed by atoms with E-state index in [1.54, 1.807) is 0 Å². The zero-order valence-electron chi connectivity index (χ0n) is 15.8. The minimum absolute atomic E-state index is 0.0131. The lowest BCUT2D eigenvalue weighted by Gasteiger charge is -2.56. The normalized spacial score (nSPS) is 30.4. The SMILES string of the molecule is O=C(COC(=O)c1ccc(S(=O)(=O)C(F)F)cc1)NC12CC3CC(CC(C3)C1)C2. The Balaban J connectivity index is 1.32. The van der Waals surface area contributed by atoms with E-state index in [0.29, 0.717) is 17.8 Å². The predicted molar refractivity (Wildman–Crippen MR) is 99.0 cm³/mol. The summed E-state index contributed by atoms with van der Waals surface area (Å²) in [5, 5.41) is 3.09. The molecule has 4 saturated carbocycles. The fourth-order valence-corrected chi connectivity index (χ4v) is 6.41. The van der Waals surface area contributed by atoms with Crippen molar-refractivity contribution in [3.8, 4) is 0 Å². The van der Waals surface area contributed by atoms with Gasteiger partial charge in [-0.1, -0.05) is 0 Å². The van der Waals surface area contributed by atoms with Gasteiger partial charge in [0.05, 0.1) is 10.5 Å². The van der Waals surface area contributed by atoms with Gasteiger partial charge in [0.15, 0.2) is 6.61 Å². The number of benzene rings is 1. The lowest BCUT2D eigenvalue weighted by molar-refractivity contribution is -0.130. The number of halogens is 2. The zero-order chi connectivity index (χ0) is 20.8. The minimum atomic E-state index is -4.72. The molecule has 0 heterocycles. The smallest absolute Gasteiger partial charge is 0.341 e. The Labute approximate surface area is 167 Å². The maximum atomic E-state index is 12.6. The van der Waals surface area contributed by atoms with Gasteiger partial charge in [-0.05, 0) is 80.5 Å². The van der Waals surface area contributed by atoms with Crippen molar-refractivity contribution in [2.45, 2.75) is 54.7 Å². The second-order valence-corrected chi connectivity index (χ2v) is 10.6. The Morgan fingerprint density at radius 1 is 1.03 bits per heavy atom. The van der Waals surface area contributed by atoms with E-state index in [4.69, 9.17) is 4.74 Å². The third kappa shape index (κ3) is 4.01. The summed E-state index contributed by atoms with van der Waals surface area (Å²) in [6.45, 7) is -0.433. The molecule has 0 aliphatic heterocycles. The number of hydrogen-bond acceptors (Lipinski definition) is 5. The molecule has 4 aliphatic rings. The molecular weight excluding hydrogens is 404 g/mol. The van der Waals surface area contributed by atoms with Crippen molar-refractivity contribution in [1.82, 2.24) is 5.32 Å². The predicted octanol–water partition coefficient (Wildman–Crippen LogP) is 2.92. The van der Waals surface area contributed by atoms with Crippen LogP contribution in [0.5, 0.6) is 0 Å². The lowest BCUT2D eigenvalue weighted by atomic mass is 9.53. The molecule has 0 radical (unpaired) electrons. The van der Waals surface area contributed by atoms with Crippen LogP contribution in [-0.2, 0) is 19.4 Å². The summed E-state index contributed by atoms with van der Waals surface area (Å²) in [6.07, 6.45) is 6.71. The minimum Gasteiger partial charge on any atom is -0.452 e. The van der Waals surface area contributed by atoms with Crippen molar-refractivity contribution in [2.75, 3.05) is 6.61 Å². The van der Waals surface area contributed by atoms with Gasteiger partial charge in [-0.3, -0.25) is 4.79 Å². The largest absolute Gasteiger partial charge is 0.452 e. The molecule has 1 aromatic rings. The molecule has 0 atom stereocenters. The summed E-state index contributed by atoms with van der Waals surface area (Å²) in [7, 11) is -4.72. The highest BCUT2D eigenvalue weighted by molar-refractivity contribution is 7.91. The fraction of sp³-hybridized carbons (Fsp3) is 0.600. The third-order valence-corrected chi connectivity index (χ3v) is 7.83. The zero-order valence-corrected chi connectivity index (χ0v) is 16.6. The maximum absolute atomic E-state index is 12.6. The lowest BCUT2D eigenvalue weighted by Crippen LogP contribution is -2.60. The van der Waals surface area contributed by atoms with Gasteiger partial charge in [0.2, 0.25) is 9.84 Å². The Hall–Kier alpha value is -2.03. The summed E-state index contributed by atoms with van der Waals surface area (Å²) in [6, 6.07) is 4.03. The molecule has 29 heavy (non-hydrogen) atoms. The second-order valence-electron chi connectivity index (χ2n) is 8.65. The first-order chi connectivity index (χ1) is 13.7. The molecule has 1 N–H and O–H groups in total. The molecule has 1 amide bonds. The topological polar surface area (TPSA) is 89.5 Å². The summed E-state index contributed by atoms with van der Waals surface area (Å²) >= 11 is 0. The van der Waals surface area contributed by atoms with E-state index in [2.05, 4.69) is 5.32 Å². The number of alkyl halides is 2. The van der Waals surface area contributed by atoms with Crippen LogP contribution >= 0.6 is 0 Å². The van der Waals surface area contributed by atoms with Gasteiger partial charge in [0, 0.05) is 5.54 Å². The first-order valence-electron chi connectivity index (χ1n) is 9.77. The van der Waals surface area contributed by atoms with E-state index < -0.39 is 33.1 Å². The number of sulfone groups is 1. The van der Waals surface area contributed by atoms with Crippen molar-refractivity contribution in [3.05, 3.63) is 29.8 Å². The molecule has 0 unspecified atom stereocenters. The van der Waals surface area contributed by atoms with E-state index in [0.717, 1.165) is 43.5 Å². The van der Waals surface area contributed by atoms with Crippen molar-refractivity contribution in [3.63, 3.8) is 0 Å². The summed E-state index contributed by atoms with van der Waals surface area (Å²) in [4.78, 5) is 23.9. The highest BCUT2D eigenvalue weighted by atomic mass is 32.2. The van der Waals surface area contributed by atoms with Crippen molar-refractivity contribution >= 4 is 21.7 Å². The average molecular weight is 427 g/mol. The summed E-state index contributed by atoms with van der Waals surface area (Å²) in [5.74, 6) is -2.68. The molecule has 0 spiro atoms. The maximum Gasteiger partial charge on any atom is 0.341 e. The van der Waals surface area contributed by atoms with Gasteiger partial charge in [-0.25, -0.2) is 13.2 Å². The molecule has 4 bridgehead atoms. The van der Waals surface area contributed by atoms with Crippen LogP contribution in [0.15, 0.2) is 29.2 Å². The number of ether oxygens (including phenoxy) is 1. The van der Waals surface area contributed by atoms with Gasteiger partial charge < -0.3 is 10.1 Å². The third-order valence-electron chi connectivity index (χ3n) is 6.43. The van der Waals surface area contributed by atoms with Gasteiger partial charge in [0.1, 0.15) is 0 Å². The molecular formula is C20H23F2NO5S. The molecule has 6 nitrogen and oxygen atoms in total. The second kappa shape index (κ2) is 7.34. The molecule has 158 valence electrons. The molecule has 5 rings (SSSR count). The van der Waals surface area contributed by atoms with E-state index in [9.17, 15) is 26.8 Å². The molecule has 0 saturated heterocycles. The average Bonchev–Trinajstić information content (AvgIpc) is 2.64. The van der Waals surface area contributed by atoms with E-state index in [1.165, 1.54) is 19.3 Å². The van der Waals surface area contributed by atoms with Crippen molar-refractivity contribution in [2.24, 2.45) is 17.8 Å². The molecule has 4 aliphatic carbocycles. The summed E-state index contributed by atoms with van der Waals surface area (Å²) in [5.41, 5.74) is -0.190. The molecule has 4 fully saturated rings. The van der Waals surface area contributed by atoms with Crippen LogP contribution in [0.2, 0.25) is 0 Å². The quantitative estimate of drug-likeness (QED) is 0.705. The van der Waals surface area contributed by atoms with Crippen LogP contribution in [-0.4, -0.2) is 38.2 Å². The molecule has 1 aromatic carbocycles. The summed E-state index contributed by atoms with van der Waals surface area (Å²) < 4.78 is 53.0. The Kier molecular flexibility index (Phi) is 5.13. The van der Waals surface area contributed by atoms with Gasteiger partial charge in [-0.15, -0.1) is 0 Å². The highest BCUT2D eigenvalue weighted by Gasteiger charge is 2.51. The van der Waals surface area contributed by atoms with Gasteiger partial charge in [0.25, 0.3) is 5.91 Å². The van der Waals surface area contributed by atoms with E-state index in [1.807, 2.05) is 0 Å².